The lowest BCUT2D eigenvalue weighted by Gasteiger charge is -2.29. The first kappa shape index (κ1) is 26.8. The second kappa shape index (κ2) is 11.9. The quantitative estimate of drug-likeness (QED) is 0.310. The summed E-state index contributed by atoms with van der Waals surface area (Å²) >= 11 is 0. The normalized spacial score (nSPS) is 16.1. The summed E-state index contributed by atoms with van der Waals surface area (Å²) in [5, 5.41) is 11.0. The van der Waals surface area contributed by atoms with Crippen molar-refractivity contribution in [2.45, 2.75) is 64.8 Å². The Morgan fingerprint density at radius 1 is 1.08 bits per heavy atom. The third-order valence-electron chi connectivity index (χ3n) is 8.66. The largest absolute Gasteiger partial charge is 0.478 e. The van der Waals surface area contributed by atoms with Gasteiger partial charge in [-0.05, 0) is 68.0 Å². The van der Waals surface area contributed by atoms with E-state index >= 15 is 0 Å². The van der Waals surface area contributed by atoms with E-state index in [-0.39, 0.29) is 0 Å². The molecule has 1 N–H and O–H groups in total. The van der Waals surface area contributed by atoms with Gasteiger partial charge in [0.15, 0.2) is 0 Å². The molecule has 2 heterocycles. The highest BCUT2D eigenvalue weighted by Crippen LogP contribution is 2.47. The van der Waals surface area contributed by atoms with Gasteiger partial charge in [-0.3, -0.25) is 0 Å². The van der Waals surface area contributed by atoms with Gasteiger partial charge in [-0.25, -0.2) is 4.79 Å². The van der Waals surface area contributed by atoms with Crippen molar-refractivity contribution in [3.8, 4) is 11.3 Å². The number of aromatic nitrogens is 1. The summed E-state index contributed by atoms with van der Waals surface area (Å²) in [4.78, 5) is 17.0. The number of hydrogen-bond donors (Lipinski definition) is 1. The average Bonchev–Trinajstić information content (AvgIpc) is 3.17. The maximum atomic E-state index is 11.9. The minimum absolute atomic E-state index is 0.368. The number of nitrogens with zero attached hydrogens (tertiary/aromatic N) is 3. The highest BCUT2D eigenvalue weighted by molar-refractivity contribution is 5.99. The van der Waals surface area contributed by atoms with Gasteiger partial charge in [-0.15, -0.1) is 0 Å². The Hall–Kier alpha value is -2.83. The van der Waals surface area contributed by atoms with Crippen molar-refractivity contribution in [3.05, 3.63) is 53.1 Å². The standard InChI is InChI=1S/C32H43N3O3/c1-4-33(15-8-20-38-3)16-17-34-18-19-35-29-22-25(32(36)37)12-14-26(29)30(24-9-6-5-7-10-24)31(35)27-13-11-23(2)21-28(27)34/h11-14,21-22,24H,4-10,15-20H2,1-3H3,(H,36,37). The number of likely N-dealkylation sites (N-methyl/N-ethyl adjacent to an activating group) is 1. The zero-order valence-corrected chi connectivity index (χ0v) is 23.3. The zero-order chi connectivity index (χ0) is 26.6. The monoisotopic (exact) mass is 517 g/mol. The number of carboxylic acid groups (broad SMARTS) is 1. The number of carboxylic acids is 1. The zero-order valence-electron chi connectivity index (χ0n) is 23.3. The van der Waals surface area contributed by atoms with Crippen LogP contribution in [0.25, 0.3) is 22.2 Å². The van der Waals surface area contributed by atoms with Crippen LogP contribution in [0.4, 0.5) is 5.69 Å². The van der Waals surface area contributed by atoms with Crippen LogP contribution >= 0.6 is 0 Å². The topological polar surface area (TPSA) is 57.9 Å². The number of benzene rings is 2. The van der Waals surface area contributed by atoms with Crippen LogP contribution in [0.2, 0.25) is 0 Å². The molecule has 2 aromatic carbocycles. The second-order valence-corrected chi connectivity index (χ2v) is 11.1. The maximum Gasteiger partial charge on any atom is 0.335 e. The maximum absolute atomic E-state index is 11.9. The van der Waals surface area contributed by atoms with Crippen molar-refractivity contribution in [1.29, 1.82) is 0 Å². The van der Waals surface area contributed by atoms with Gasteiger partial charge in [-0.2, -0.15) is 0 Å². The van der Waals surface area contributed by atoms with E-state index in [1.54, 1.807) is 13.2 Å². The summed E-state index contributed by atoms with van der Waals surface area (Å²) in [6.07, 6.45) is 7.33. The van der Waals surface area contributed by atoms with Crippen LogP contribution in [0.1, 0.15) is 72.9 Å². The fourth-order valence-corrected chi connectivity index (χ4v) is 6.64. The predicted molar refractivity (Wildman–Crippen MR) is 156 cm³/mol. The lowest BCUT2D eigenvalue weighted by Crippen LogP contribution is -2.37. The average molecular weight is 518 g/mol. The van der Waals surface area contributed by atoms with Gasteiger partial charge in [0.25, 0.3) is 0 Å². The molecule has 3 aromatic rings. The van der Waals surface area contributed by atoms with Crippen molar-refractivity contribution in [3.63, 3.8) is 0 Å². The first-order chi connectivity index (χ1) is 18.5. The fraction of sp³-hybridized carbons (Fsp3) is 0.531. The lowest BCUT2D eigenvalue weighted by atomic mass is 9.81. The van der Waals surface area contributed by atoms with Crippen molar-refractivity contribution < 1.29 is 14.6 Å². The Morgan fingerprint density at radius 2 is 1.89 bits per heavy atom. The summed E-state index contributed by atoms with van der Waals surface area (Å²) in [7, 11) is 1.77. The van der Waals surface area contributed by atoms with Crippen LogP contribution in [-0.2, 0) is 11.3 Å². The Bertz CT molecular complexity index is 1270. The van der Waals surface area contributed by atoms with Crippen LogP contribution in [0, 0.1) is 6.92 Å². The van der Waals surface area contributed by atoms with E-state index in [9.17, 15) is 9.90 Å². The van der Waals surface area contributed by atoms with Crippen LogP contribution < -0.4 is 4.90 Å². The van der Waals surface area contributed by atoms with Crippen molar-refractivity contribution in [1.82, 2.24) is 9.47 Å². The highest BCUT2D eigenvalue weighted by atomic mass is 16.5. The van der Waals surface area contributed by atoms with E-state index in [4.69, 9.17) is 4.74 Å². The molecule has 0 unspecified atom stereocenters. The molecule has 0 bridgehead atoms. The van der Waals surface area contributed by atoms with E-state index in [1.807, 2.05) is 6.07 Å². The number of carbonyl (C=O) groups is 1. The smallest absolute Gasteiger partial charge is 0.335 e. The van der Waals surface area contributed by atoms with Crippen molar-refractivity contribution in [2.75, 3.05) is 51.3 Å². The molecule has 1 aliphatic carbocycles. The summed E-state index contributed by atoms with van der Waals surface area (Å²) in [6, 6.07) is 12.7. The van der Waals surface area contributed by atoms with Crippen molar-refractivity contribution in [2.24, 2.45) is 0 Å². The molecule has 1 aromatic heterocycles. The highest BCUT2D eigenvalue weighted by Gasteiger charge is 2.30. The first-order valence-corrected chi connectivity index (χ1v) is 14.5. The number of aromatic carboxylic acids is 1. The second-order valence-electron chi connectivity index (χ2n) is 11.1. The number of aryl methyl sites for hydroxylation is 1. The van der Waals surface area contributed by atoms with Gasteiger partial charge in [0.2, 0.25) is 0 Å². The Morgan fingerprint density at radius 3 is 2.63 bits per heavy atom. The Balaban J connectivity index is 1.59. The summed E-state index contributed by atoms with van der Waals surface area (Å²) < 4.78 is 7.72. The molecule has 6 nitrogen and oxygen atoms in total. The summed E-state index contributed by atoms with van der Waals surface area (Å²) in [6.45, 7) is 11.0. The molecule has 0 saturated heterocycles. The molecule has 0 amide bonds. The van der Waals surface area contributed by atoms with Crippen LogP contribution in [0.3, 0.4) is 0 Å². The Kier molecular flexibility index (Phi) is 8.39. The molecule has 1 fully saturated rings. The van der Waals surface area contributed by atoms with Gasteiger partial charge in [0, 0.05) is 68.6 Å². The molecule has 5 rings (SSSR count). The number of anilines is 1. The van der Waals surface area contributed by atoms with Gasteiger partial charge < -0.3 is 24.2 Å². The van der Waals surface area contributed by atoms with Gasteiger partial charge in [-0.1, -0.05) is 44.4 Å². The van der Waals surface area contributed by atoms with Crippen molar-refractivity contribution >= 4 is 22.6 Å². The van der Waals surface area contributed by atoms with E-state index in [2.05, 4.69) is 52.5 Å². The van der Waals surface area contributed by atoms with Gasteiger partial charge in [0.05, 0.1) is 11.3 Å². The van der Waals surface area contributed by atoms with Gasteiger partial charge in [0.1, 0.15) is 0 Å². The third-order valence-corrected chi connectivity index (χ3v) is 8.66. The van der Waals surface area contributed by atoms with Crippen LogP contribution in [-0.4, -0.2) is 67.0 Å². The molecule has 0 radical (unpaired) electrons. The molecule has 2 aliphatic rings. The molecule has 204 valence electrons. The minimum atomic E-state index is -0.860. The summed E-state index contributed by atoms with van der Waals surface area (Å²) in [5.74, 6) is -0.337. The van der Waals surface area contributed by atoms with E-state index in [0.29, 0.717) is 11.5 Å². The van der Waals surface area contributed by atoms with Gasteiger partial charge >= 0.3 is 5.97 Å². The predicted octanol–water partition coefficient (Wildman–Crippen LogP) is 6.54. The Labute approximate surface area is 227 Å². The van der Waals surface area contributed by atoms with E-state index < -0.39 is 5.97 Å². The molecule has 1 aliphatic heterocycles. The number of ether oxygens (including phenoxy) is 1. The van der Waals surface area contributed by atoms with Crippen LogP contribution in [0.5, 0.6) is 0 Å². The third kappa shape index (κ3) is 5.34. The number of hydrogen-bond acceptors (Lipinski definition) is 4. The minimum Gasteiger partial charge on any atom is -0.478 e. The molecular weight excluding hydrogens is 474 g/mol. The molecule has 0 atom stereocenters. The molecule has 0 spiro atoms. The van der Waals surface area contributed by atoms with E-state index in [0.717, 1.165) is 57.8 Å². The molecule has 1 saturated carbocycles. The summed E-state index contributed by atoms with van der Waals surface area (Å²) in [5.41, 5.74) is 8.09. The molecular formula is C32H43N3O3. The van der Waals surface area contributed by atoms with E-state index in [1.165, 1.54) is 65.6 Å². The number of methoxy groups -OCH3 is 1. The molecule has 6 heteroatoms. The molecule has 38 heavy (non-hydrogen) atoms. The number of fused-ring (bicyclic) bond motifs is 5. The first-order valence-electron chi connectivity index (χ1n) is 14.5. The fourth-order valence-electron chi connectivity index (χ4n) is 6.64. The lowest BCUT2D eigenvalue weighted by molar-refractivity contribution is 0.0697. The SMILES string of the molecule is CCN(CCCOC)CCN1CCn2c(c(C3CCCCC3)c3ccc(C(=O)O)cc32)-c2ccc(C)cc21. The van der Waals surface area contributed by atoms with Crippen LogP contribution in [0.15, 0.2) is 36.4 Å². The number of rotatable bonds is 10.